The van der Waals surface area contributed by atoms with Crippen LogP contribution in [0, 0.1) is 17.0 Å². The largest absolute Gasteiger partial charge is 0.450 e. The molecule has 0 fully saturated rings. The van der Waals surface area contributed by atoms with Gasteiger partial charge >= 0.3 is 5.69 Å². The van der Waals surface area contributed by atoms with Gasteiger partial charge in [-0.2, -0.15) is 0 Å². The van der Waals surface area contributed by atoms with Crippen LogP contribution in [0.4, 0.5) is 10.8 Å². The number of nitro benzene ring substituents is 1. The number of anilines is 1. The molecular weight excluding hydrogens is 380 g/mol. The third kappa shape index (κ3) is 4.13. The Morgan fingerprint density at radius 2 is 1.96 bits per heavy atom. The lowest BCUT2D eigenvalue weighted by molar-refractivity contribution is -0.385. The summed E-state index contributed by atoms with van der Waals surface area (Å²) in [6.07, 6.45) is 0. The van der Waals surface area contributed by atoms with Gasteiger partial charge in [0.2, 0.25) is 10.9 Å². The zero-order chi connectivity index (χ0) is 18.7. The number of hydrogen-bond donors (Lipinski definition) is 1. The van der Waals surface area contributed by atoms with E-state index in [0.717, 1.165) is 5.01 Å². The molecule has 0 saturated carbocycles. The summed E-state index contributed by atoms with van der Waals surface area (Å²) in [4.78, 5) is 22.7. The van der Waals surface area contributed by atoms with E-state index in [0.29, 0.717) is 16.4 Å². The summed E-state index contributed by atoms with van der Waals surface area (Å²) in [5.41, 5.74) is 0.141. The van der Waals surface area contributed by atoms with E-state index in [4.69, 9.17) is 16.3 Å². The van der Waals surface area contributed by atoms with E-state index >= 15 is 0 Å². The summed E-state index contributed by atoms with van der Waals surface area (Å²) in [5.74, 6) is 0.0600. The highest BCUT2D eigenvalue weighted by Crippen LogP contribution is 2.33. The molecule has 0 aliphatic rings. The molecule has 10 heteroatoms. The Morgan fingerprint density at radius 3 is 2.58 bits per heavy atom. The number of aryl methyl sites for hydroxylation is 1. The van der Waals surface area contributed by atoms with Crippen LogP contribution in [0.3, 0.4) is 0 Å². The van der Waals surface area contributed by atoms with E-state index in [-0.39, 0.29) is 22.4 Å². The van der Waals surface area contributed by atoms with Crippen molar-refractivity contribution < 1.29 is 14.5 Å². The molecule has 2 aromatic carbocycles. The molecule has 3 rings (SSSR count). The predicted octanol–water partition coefficient (Wildman–Crippen LogP) is 4.45. The molecule has 1 amide bonds. The number of nitrogens with one attached hydrogen (secondary N) is 1. The van der Waals surface area contributed by atoms with E-state index < -0.39 is 4.92 Å². The van der Waals surface area contributed by atoms with Crippen LogP contribution < -0.4 is 10.1 Å². The monoisotopic (exact) mass is 390 g/mol. The number of nitrogens with zero attached hydrogens (tertiary/aromatic N) is 3. The standard InChI is InChI=1S/C16H11ClN4O4S/c1-9-19-20-16(26-9)18-15(22)10-2-5-12(6-3-10)25-14-7-4-11(17)8-13(14)21(23)24/h2-8H,1H3,(H,18,20,22). The van der Waals surface area contributed by atoms with E-state index in [9.17, 15) is 14.9 Å². The molecule has 26 heavy (non-hydrogen) atoms. The lowest BCUT2D eigenvalue weighted by Crippen LogP contribution is -2.11. The Morgan fingerprint density at radius 1 is 1.23 bits per heavy atom. The van der Waals surface area contributed by atoms with Crippen molar-refractivity contribution in [2.75, 3.05) is 5.32 Å². The number of carbonyl (C=O) groups excluding carboxylic acids is 1. The Hall–Kier alpha value is -3.04. The second-order valence-electron chi connectivity index (χ2n) is 5.08. The molecule has 1 heterocycles. The minimum absolute atomic E-state index is 0.0564. The van der Waals surface area contributed by atoms with Gasteiger partial charge < -0.3 is 4.74 Å². The highest BCUT2D eigenvalue weighted by molar-refractivity contribution is 7.15. The van der Waals surface area contributed by atoms with Gasteiger partial charge in [0, 0.05) is 16.7 Å². The van der Waals surface area contributed by atoms with E-state index in [2.05, 4.69) is 15.5 Å². The van der Waals surface area contributed by atoms with Crippen LogP contribution in [-0.4, -0.2) is 21.0 Å². The first kappa shape index (κ1) is 17.8. The molecule has 132 valence electrons. The minimum Gasteiger partial charge on any atom is -0.450 e. The third-order valence-corrected chi connectivity index (χ3v) is 4.20. The predicted molar refractivity (Wildman–Crippen MR) is 97.2 cm³/mol. The van der Waals surface area contributed by atoms with Gasteiger partial charge in [0.05, 0.1) is 4.92 Å². The number of rotatable bonds is 5. The number of carbonyl (C=O) groups is 1. The molecule has 0 radical (unpaired) electrons. The molecule has 0 aliphatic carbocycles. The molecule has 0 aliphatic heterocycles. The zero-order valence-electron chi connectivity index (χ0n) is 13.3. The average Bonchev–Trinajstić information content (AvgIpc) is 3.01. The number of amides is 1. The fraction of sp³-hybridized carbons (Fsp3) is 0.0625. The van der Waals surface area contributed by atoms with E-state index in [1.165, 1.54) is 29.5 Å². The van der Waals surface area contributed by atoms with Gasteiger partial charge in [-0.3, -0.25) is 20.2 Å². The van der Waals surface area contributed by atoms with Crippen molar-refractivity contribution in [2.45, 2.75) is 6.92 Å². The van der Waals surface area contributed by atoms with Crippen LogP contribution in [0.15, 0.2) is 42.5 Å². The van der Waals surface area contributed by atoms with Crippen molar-refractivity contribution in [3.05, 3.63) is 68.2 Å². The van der Waals surface area contributed by atoms with Gasteiger partial charge in [-0.1, -0.05) is 22.9 Å². The Balaban J connectivity index is 1.74. The van der Waals surface area contributed by atoms with E-state index in [1.54, 1.807) is 31.2 Å². The number of hydrogen-bond acceptors (Lipinski definition) is 7. The number of ether oxygens (including phenoxy) is 1. The molecule has 0 unspecified atom stereocenters. The van der Waals surface area contributed by atoms with Gasteiger partial charge in [0.15, 0.2) is 0 Å². The van der Waals surface area contributed by atoms with Crippen molar-refractivity contribution in [1.29, 1.82) is 0 Å². The van der Waals surface area contributed by atoms with Crippen molar-refractivity contribution >= 4 is 39.7 Å². The summed E-state index contributed by atoms with van der Waals surface area (Å²) < 4.78 is 5.53. The molecule has 0 bridgehead atoms. The minimum atomic E-state index is -0.576. The fourth-order valence-corrected chi connectivity index (χ4v) is 2.79. The van der Waals surface area contributed by atoms with Crippen molar-refractivity contribution in [1.82, 2.24) is 10.2 Å². The smallest absolute Gasteiger partial charge is 0.313 e. The summed E-state index contributed by atoms with van der Waals surface area (Å²) in [7, 11) is 0. The van der Waals surface area contributed by atoms with Crippen LogP contribution in [0.1, 0.15) is 15.4 Å². The maximum absolute atomic E-state index is 12.2. The Kier molecular flexibility index (Phi) is 5.10. The van der Waals surface area contributed by atoms with Crippen LogP contribution in [0.5, 0.6) is 11.5 Å². The second-order valence-corrected chi connectivity index (χ2v) is 6.69. The normalized spacial score (nSPS) is 10.4. The van der Waals surface area contributed by atoms with E-state index in [1.807, 2.05) is 0 Å². The van der Waals surface area contributed by atoms with Gasteiger partial charge in [-0.05, 0) is 43.3 Å². The quantitative estimate of drug-likeness (QED) is 0.509. The number of aromatic nitrogens is 2. The van der Waals surface area contributed by atoms with Crippen LogP contribution in [0.25, 0.3) is 0 Å². The first-order valence-corrected chi connectivity index (χ1v) is 8.45. The summed E-state index contributed by atoms with van der Waals surface area (Å²) in [5, 5.41) is 22.8. The van der Waals surface area contributed by atoms with Crippen LogP contribution >= 0.6 is 22.9 Å². The SMILES string of the molecule is Cc1nnc(NC(=O)c2ccc(Oc3ccc(Cl)cc3[N+](=O)[O-])cc2)s1. The number of halogens is 1. The van der Waals surface area contributed by atoms with Crippen molar-refractivity contribution in [3.8, 4) is 11.5 Å². The second kappa shape index (κ2) is 7.46. The highest BCUT2D eigenvalue weighted by atomic mass is 35.5. The molecule has 8 nitrogen and oxygen atoms in total. The molecular formula is C16H11ClN4O4S. The summed E-state index contributed by atoms with van der Waals surface area (Å²) in [6.45, 7) is 1.79. The molecule has 0 atom stereocenters. The van der Waals surface area contributed by atoms with Crippen LogP contribution in [0.2, 0.25) is 5.02 Å². The maximum Gasteiger partial charge on any atom is 0.313 e. The Bertz CT molecular complexity index is 975. The molecule has 1 N–H and O–H groups in total. The number of benzene rings is 2. The van der Waals surface area contributed by atoms with Crippen molar-refractivity contribution in [2.24, 2.45) is 0 Å². The summed E-state index contributed by atoms with van der Waals surface area (Å²) in [6, 6.07) is 10.3. The average molecular weight is 391 g/mol. The number of nitro groups is 1. The lowest BCUT2D eigenvalue weighted by atomic mass is 10.2. The maximum atomic E-state index is 12.2. The van der Waals surface area contributed by atoms with Gasteiger partial charge in [-0.25, -0.2) is 0 Å². The molecule has 3 aromatic rings. The third-order valence-electron chi connectivity index (χ3n) is 3.21. The van der Waals surface area contributed by atoms with Gasteiger partial charge in [-0.15, -0.1) is 10.2 Å². The molecule has 0 spiro atoms. The molecule has 0 saturated heterocycles. The molecule has 1 aromatic heterocycles. The highest BCUT2D eigenvalue weighted by Gasteiger charge is 2.17. The first-order chi connectivity index (χ1) is 12.4. The van der Waals surface area contributed by atoms with Crippen molar-refractivity contribution in [3.63, 3.8) is 0 Å². The fourth-order valence-electron chi connectivity index (χ4n) is 2.04. The topological polar surface area (TPSA) is 107 Å². The summed E-state index contributed by atoms with van der Waals surface area (Å²) >= 11 is 7.04. The lowest BCUT2D eigenvalue weighted by Gasteiger charge is -2.07. The van der Waals surface area contributed by atoms with Gasteiger partial charge in [0.1, 0.15) is 10.8 Å². The van der Waals surface area contributed by atoms with Crippen LogP contribution in [-0.2, 0) is 0 Å². The first-order valence-electron chi connectivity index (χ1n) is 7.25. The van der Waals surface area contributed by atoms with Gasteiger partial charge in [0.25, 0.3) is 5.91 Å². The Labute approximate surface area is 156 Å². The zero-order valence-corrected chi connectivity index (χ0v) is 14.9.